The zero-order valence-corrected chi connectivity index (χ0v) is 11.7. The van der Waals surface area contributed by atoms with E-state index in [4.69, 9.17) is 17.3 Å². The van der Waals surface area contributed by atoms with Crippen molar-refractivity contribution in [3.8, 4) is 5.75 Å². The van der Waals surface area contributed by atoms with E-state index in [0.29, 0.717) is 0 Å². The number of anilines is 1. The van der Waals surface area contributed by atoms with Crippen molar-refractivity contribution >= 4 is 32.9 Å². The smallest absolute Gasteiger partial charge is 0.186 e. The lowest BCUT2D eigenvalue weighted by Crippen LogP contribution is -2.27. The highest BCUT2D eigenvalue weighted by molar-refractivity contribution is 7.92. The van der Waals surface area contributed by atoms with Crippen molar-refractivity contribution in [2.45, 2.75) is 35.8 Å². The molecule has 3 N–H and O–H groups in total. The lowest BCUT2D eigenvalue weighted by atomic mass is 9.99. The second-order valence-corrected chi connectivity index (χ2v) is 7.17. The molecule has 0 saturated heterocycles. The predicted molar refractivity (Wildman–Crippen MR) is 72.0 cm³/mol. The van der Waals surface area contributed by atoms with E-state index in [1.54, 1.807) is 0 Å². The largest absolute Gasteiger partial charge is 0.504 e. The monoisotopic (exact) mass is 303 g/mol. The summed E-state index contributed by atoms with van der Waals surface area (Å²) in [7, 11) is -3.78. The molecule has 0 bridgehead atoms. The normalized spacial score (nSPS) is 17.6. The zero-order chi connectivity index (χ0) is 14.2. The van der Waals surface area contributed by atoms with E-state index in [1.807, 2.05) is 0 Å². The van der Waals surface area contributed by atoms with Gasteiger partial charge in [0.25, 0.3) is 0 Å². The molecule has 0 aromatic heterocycles. The number of Topliss-reactive ketones (excluding diaryl/α,β-unsaturated/α-hetero) is 1. The Bertz CT molecular complexity index is 617. The molecule has 1 saturated carbocycles. The molecule has 2 rings (SSSR count). The summed E-state index contributed by atoms with van der Waals surface area (Å²) in [5, 5.41) is 9.09. The first-order valence-corrected chi connectivity index (χ1v) is 7.79. The van der Waals surface area contributed by atoms with Crippen molar-refractivity contribution < 1.29 is 18.3 Å². The van der Waals surface area contributed by atoms with E-state index in [0.717, 1.165) is 0 Å². The van der Waals surface area contributed by atoms with Gasteiger partial charge >= 0.3 is 0 Å². The fourth-order valence-electron chi connectivity index (χ4n) is 2.22. The number of nitrogen functional groups attached to an aromatic ring is 1. The maximum atomic E-state index is 12.5. The third-order valence-corrected chi connectivity index (χ3v) is 6.09. The van der Waals surface area contributed by atoms with Crippen LogP contribution >= 0.6 is 11.6 Å². The third kappa shape index (κ3) is 2.55. The highest BCUT2D eigenvalue weighted by atomic mass is 35.5. The number of phenols is 1. The Hall–Kier alpha value is -1.27. The van der Waals surface area contributed by atoms with E-state index in [2.05, 4.69) is 0 Å². The Morgan fingerprint density at radius 2 is 1.84 bits per heavy atom. The van der Waals surface area contributed by atoms with Crippen LogP contribution in [0.3, 0.4) is 0 Å². The van der Waals surface area contributed by atoms with Gasteiger partial charge in [-0.05, 0) is 25.0 Å². The Kier molecular flexibility index (Phi) is 3.73. The Morgan fingerprint density at radius 1 is 1.26 bits per heavy atom. The molecule has 0 spiro atoms. The average Bonchev–Trinajstić information content (AvgIpc) is 2.34. The number of hydrogen-bond acceptors (Lipinski definition) is 5. The van der Waals surface area contributed by atoms with Gasteiger partial charge in [0.1, 0.15) is 10.7 Å². The Morgan fingerprint density at radius 3 is 2.42 bits per heavy atom. The maximum Gasteiger partial charge on any atom is 0.186 e. The van der Waals surface area contributed by atoms with Gasteiger partial charge in [-0.1, -0.05) is 11.6 Å². The molecule has 0 aliphatic heterocycles. The molecule has 0 unspecified atom stereocenters. The molecule has 0 radical (unpaired) electrons. The minimum absolute atomic E-state index is 0.0325. The van der Waals surface area contributed by atoms with Gasteiger partial charge in [-0.25, -0.2) is 8.42 Å². The summed E-state index contributed by atoms with van der Waals surface area (Å²) in [6.45, 7) is 0. The van der Waals surface area contributed by atoms with Crippen LogP contribution in [0.2, 0.25) is 5.02 Å². The van der Waals surface area contributed by atoms with Crippen molar-refractivity contribution in [2.75, 3.05) is 5.73 Å². The van der Waals surface area contributed by atoms with Gasteiger partial charge < -0.3 is 10.8 Å². The maximum absolute atomic E-state index is 12.5. The van der Waals surface area contributed by atoms with Crippen LogP contribution in [0.25, 0.3) is 0 Å². The lowest BCUT2D eigenvalue weighted by Gasteiger charge is -2.22. The minimum Gasteiger partial charge on any atom is -0.504 e. The summed E-state index contributed by atoms with van der Waals surface area (Å²) in [6.07, 6.45) is 0.993. The number of rotatable bonds is 2. The molecule has 7 heteroatoms. The topological polar surface area (TPSA) is 97.5 Å². The molecule has 0 heterocycles. The molecule has 1 fully saturated rings. The molecule has 1 aromatic carbocycles. The predicted octanol–water partition coefficient (Wildman–Crippen LogP) is 1.91. The van der Waals surface area contributed by atoms with E-state index in [1.165, 1.54) is 12.1 Å². The second-order valence-electron chi connectivity index (χ2n) is 4.60. The number of ketones is 1. The molecule has 5 nitrogen and oxygen atoms in total. The van der Waals surface area contributed by atoms with Gasteiger partial charge in [0.2, 0.25) is 0 Å². The van der Waals surface area contributed by atoms with Gasteiger partial charge in [0, 0.05) is 12.8 Å². The molecule has 1 aliphatic carbocycles. The van der Waals surface area contributed by atoms with Gasteiger partial charge in [-0.15, -0.1) is 0 Å². The number of phenolic OH excluding ortho intramolecular Hbond substituents is 1. The number of halogens is 1. The number of benzene rings is 1. The van der Waals surface area contributed by atoms with E-state index >= 15 is 0 Å². The summed E-state index contributed by atoms with van der Waals surface area (Å²) in [5.41, 5.74) is 5.48. The van der Waals surface area contributed by atoms with Crippen LogP contribution in [0.5, 0.6) is 5.75 Å². The Balaban J connectivity index is 2.46. The number of carbonyl (C=O) groups is 1. The summed E-state index contributed by atoms with van der Waals surface area (Å²) in [4.78, 5) is 10.8. The second kappa shape index (κ2) is 5.02. The van der Waals surface area contributed by atoms with Gasteiger partial charge in [0.05, 0.1) is 16.0 Å². The molecular weight excluding hydrogens is 290 g/mol. The quantitative estimate of drug-likeness (QED) is 0.642. The van der Waals surface area contributed by atoms with Gasteiger partial charge in [0.15, 0.2) is 15.6 Å². The lowest BCUT2D eigenvalue weighted by molar-refractivity contribution is -0.120. The number of hydrogen-bond donors (Lipinski definition) is 2. The average molecular weight is 304 g/mol. The molecule has 1 aromatic rings. The van der Waals surface area contributed by atoms with Crippen molar-refractivity contribution in [3.05, 3.63) is 17.2 Å². The van der Waals surface area contributed by atoms with E-state index < -0.39 is 20.8 Å². The highest BCUT2D eigenvalue weighted by Gasteiger charge is 2.35. The molecule has 0 amide bonds. The third-order valence-electron chi connectivity index (χ3n) is 3.33. The number of nitrogens with two attached hydrogens (primary N) is 1. The summed E-state index contributed by atoms with van der Waals surface area (Å²) >= 11 is 5.87. The van der Waals surface area contributed by atoms with Gasteiger partial charge in [-0.2, -0.15) is 0 Å². The fourth-order valence-corrected chi connectivity index (χ4v) is 4.61. The number of carbonyl (C=O) groups excluding carboxylic acids is 1. The summed E-state index contributed by atoms with van der Waals surface area (Å²) < 4.78 is 25.0. The first-order valence-electron chi connectivity index (χ1n) is 5.86. The minimum atomic E-state index is -3.78. The van der Waals surface area contributed by atoms with E-state index in [9.17, 15) is 18.3 Å². The van der Waals surface area contributed by atoms with Crippen LogP contribution in [-0.4, -0.2) is 24.6 Å². The molecule has 19 heavy (non-hydrogen) atoms. The van der Waals surface area contributed by atoms with Crippen LogP contribution in [0.4, 0.5) is 5.69 Å². The van der Waals surface area contributed by atoms with Crippen LogP contribution < -0.4 is 5.73 Å². The molecule has 1 aliphatic rings. The number of sulfone groups is 1. The van der Waals surface area contributed by atoms with Crippen LogP contribution in [-0.2, 0) is 14.6 Å². The van der Waals surface area contributed by atoms with Gasteiger partial charge in [-0.3, -0.25) is 4.79 Å². The van der Waals surface area contributed by atoms with Crippen molar-refractivity contribution in [1.29, 1.82) is 0 Å². The molecule has 0 atom stereocenters. The number of aromatic hydroxyl groups is 1. The van der Waals surface area contributed by atoms with Crippen LogP contribution in [0.15, 0.2) is 17.0 Å². The SMILES string of the molecule is Nc1ccc(Cl)c(S(=O)(=O)C2CCC(=O)CC2)c1O. The van der Waals surface area contributed by atoms with Crippen molar-refractivity contribution in [3.63, 3.8) is 0 Å². The van der Waals surface area contributed by atoms with Crippen molar-refractivity contribution in [1.82, 2.24) is 0 Å². The summed E-state index contributed by atoms with van der Waals surface area (Å²) in [5.74, 6) is -0.446. The molecule has 104 valence electrons. The van der Waals surface area contributed by atoms with Crippen LogP contribution in [0, 0.1) is 0 Å². The Labute approximate surface area is 116 Å². The zero-order valence-electron chi connectivity index (χ0n) is 10.1. The fraction of sp³-hybridized carbons (Fsp3) is 0.417. The first kappa shape index (κ1) is 14.1. The first-order chi connectivity index (χ1) is 8.84. The standard InChI is InChI=1S/C12H14ClNO4S/c13-9-5-6-10(14)11(16)12(9)19(17,18)8-3-1-7(15)2-4-8/h5-6,8,16H,1-4,14H2. The van der Waals surface area contributed by atoms with Crippen LogP contribution in [0.1, 0.15) is 25.7 Å². The summed E-state index contributed by atoms with van der Waals surface area (Å²) in [6, 6.07) is 2.69. The van der Waals surface area contributed by atoms with Crippen molar-refractivity contribution in [2.24, 2.45) is 0 Å². The highest BCUT2D eigenvalue weighted by Crippen LogP contribution is 2.39. The molecular formula is C12H14ClNO4S. The van der Waals surface area contributed by atoms with E-state index in [-0.39, 0.29) is 47.1 Å².